The molecule has 0 aromatic heterocycles. The van der Waals surface area contributed by atoms with Crippen molar-refractivity contribution in [3.8, 4) is 0 Å². The smallest absolute Gasteiger partial charge is 0.332 e. The number of ether oxygens (including phenoxy) is 2. The summed E-state index contributed by atoms with van der Waals surface area (Å²) in [4.78, 5) is 24.3. The number of hydrogen-bond donors (Lipinski definition) is 2. The molecule has 0 radical (unpaired) electrons. The number of nitrogens with zero attached hydrogens (tertiary/aromatic N) is 1. The summed E-state index contributed by atoms with van der Waals surface area (Å²) >= 11 is 0. The molecule has 2 amide bonds. The third kappa shape index (κ3) is 5.18. The largest absolute Gasteiger partial charge is 0.479 e. The number of carbonyl (C=O) groups is 2. The van der Waals surface area contributed by atoms with Crippen LogP contribution in [0.5, 0.6) is 0 Å². The summed E-state index contributed by atoms with van der Waals surface area (Å²) in [5.74, 6) is -0.952. The molecule has 1 aliphatic heterocycles. The molecule has 1 aliphatic rings. The zero-order chi connectivity index (χ0) is 15.0. The Hall–Kier alpha value is -1.60. The average Bonchev–Trinajstić information content (AvgIpc) is 2.90. The van der Waals surface area contributed by atoms with Crippen LogP contribution in [0.25, 0.3) is 0 Å². The van der Waals surface area contributed by atoms with Gasteiger partial charge in [-0.3, -0.25) is 0 Å². The van der Waals surface area contributed by atoms with Crippen LogP contribution in [-0.2, 0) is 14.3 Å². The molecule has 0 aromatic rings. The van der Waals surface area contributed by atoms with Gasteiger partial charge in [0.05, 0.1) is 12.7 Å². The maximum Gasteiger partial charge on any atom is 0.332 e. The SMILES string of the molecule is C=CCN(CCOC)C(=O)NCC1CCC(C(=O)O)O1. The predicted octanol–water partition coefficient (Wildman–Crippen LogP) is 0.463. The van der Waals surface area contributed by atoms with Gasteiger partial charge in [-0.05, 0) is 12.8 Å². The van der Waals surface area contributed by atoms with Gasteiger partial charge in [-0.25, -0.2) is 9.59 Å². The van der Waals surface area contributed by atoms with Crippen molar-refractivity contribution in [1.82, 2.24) is 10.2 Å². The Labute approximate surface area is 118 Å². The lowest BCUT2D eigenvalue weighted by Crippen LogP contribution is -2.44. The predicted molar refractivity (Wildman–Crippen MR) is 72.6 cm³/mol. The van der Waals surface area contributed by atoms with Crippen LogP contribution in [0.1, 0.15) is 12.8 Å². The molecule has 1 heterocycles. The molecule has 20 heavy (non-hydrogen) atoms. The summed E-state index contributed by atoms with van der Waals surface area (Å²) < 4.78 is 10.3. The van der Waals surface area contributed by atoms with Crippen LogP contribution in [0.2, 0.25) is 0 Å². The van der Waals surface area contributed by atoms with Crippen molar-refractivity contribution in [1.29, 1.82) is 0 Å². The highest BCUT2D eigenvalue weighted by atomic mass is 16.5. The van der Waals surface area contributed by atoms with Crippen molar-refractivity contribution < 1.29 is 24.2 Å². The van der Waals surface area contributed by atoms with E-state index in [0.717, 1.165) is 0 Å². The van der Waals surface area contributed by atoms with E-state index in [0.29, 0.717) is 39.1 Å². The van der Waals surface area contributed by atoms with Crippen LogP contribution < -0.4 is 5.32 Å². The van der Waals surface area contributed by atoms with Crippen molar-refractivity contribution in [3.63, 3.8) is 0 Å². The summed E-state index contributed by atoms with van der Waals surface area (Å²) in [5.41, 5.74) is 0. The fourth-order valence-corrected chi connectivity index (χ4v) is 1.98. The highest BCUT2D eigenvalue weighted by Crippen LogP contribution is 2.19. The zero-order valence-corrected chi connectivity index (χ0v) is 11.7. The number of methoxy groups -OCH3 is 1. The molecule has 0 spiro atoms. The third-order valence-electron chi connectivity index (χ3n) is 3.07. The van der Waals surface area contributed by atoms with E-state index in [-0.39, 0.29) is 12.1 Å². The highest BCUT2D eigenvalue weighted by Gasteiger charge is 2.30. The monoisotopic (exact) mass is 286 g/mol. The summed E-state index contributed by atoms with van der Waals surface area (Å²) in [7, 11) is 1.57. The molecule has 1 rings (SSSR count). The summed E-state index contributed by atoms with van der Waals surface area (Å²) in [6.45, 7) is 5.26. The van der Waals surface area contributed by atoms with Gasteiger partial charge in [0.25, 0.3) is 0 Å². The average molecular weight is 286 g/mol. The van der Waals surface area contributed by atoms with E-state index in [2.05, 4.69) is 11.9 Å². The molecule has 1 fully saturated rings. The Morgan fingerprint density at radius 1 is 1.55 bits per heavy atom. The maximum absolute atomic E-state index is 12.0. The molecule has 2 N–H and O–H groups in total. The highest BCUT2D eigenvalue weighted by molar-refractivity contribution is 5.74. The summed E-state index contributed by atoms with van der Waals surface area (Å²) in [5, 5.41) is 11.6. The van der Waals surface area contributed by atoms with Crippen molar-refractivity contribution in [3.05, 3.63) is 12.7 Å². The lowest BCUT2D eigenvalue weighted by atomic mass is 10.2. The van der Waals surface area contributed by atoms with Gasteiger partial charge >= 0.3 is 12.0 Å². The zero-order valence-electron chi connectivity index (χ0n) is 11.7. The van der Waals surface area contributed by atoms with Crippen LogP contribution in [0.4, 0.5) is 4.79 Å². The fourth-order valence-electron chi connectivity index (χ4n) is 1.98. The first-order valence-corrected chi connectivity index (χ1v) is 6.59. The molecule has 2 unspecified atom stereocenters. The minimum Gasteiger partial charge on any atom is -0.479 e. The van der Waals surface area contributed by atoms with Crippen molar-refractivity contribution in [2.45, 2.75) is 25.0 Å². The molecule has 0 aromatic carbocycles. The van der Waals surface area contributed by atoms with Gasteiger partial charge < -0.3 is 24.8 Å². The third-order valence-corrected chi connectivity index (χ3v) is 3.07. The first-order chi connectivity index (χ1) is 9.58. The van der Waals surface area contributed by atoms with Gasteiger partial charge in [0.2, 0.25) is 0 Å². The minimum absolute atomic E-state index is 0.232. The molecule has 0 saturated carbocycles. The van der Waals surface area contributed by atoms with E-state index in [1.165, 1.54) is 0 Å². The second-order valence-corrected chi connectivity index (χ2v) is 4.58. The van der Waals surface area contributed by atoms with Gasteiger partial charge in [-0.1, -0.05) is 6.08 Å². The van der Waals surface area contributed by atoms with Gasteiger partial charge in [0.1, 0.15) is 0 Å². The molecule has 7 nitrogen and oxygen atoms in total. The van der Waals surface area contributed by atoms with E-state index in [9.17, 15) is 9.59 Å². The summed E-state index contributed by atoms with van der Waals surface area (Å²) in [6, 6.07) is -0.232. The van der Waals surface area contributed by atoms with Crippen molar-refractivity contribution in [2.75, 3.05) is 33.4 Å². The van der Waals surface area contributed by atoms with Crippen LogP contribution >= 0.6 is 0 Å². The number of nitrogens with one attached hydrogen (secondary N) is 1. The van der Waals surface area contributed by atoms with Gasteiger partial charge in [0.15, 0.2) is 6.10 Å². The number of rotatable bonds is 8. The lowest BCUT2D eigenvalue weighted by Gasteiger charge is -2.22. The van der Waals surface area contributed by atoms with Gasteiger partial charge in [0, 0.05) is 26.7 Å². The first kappa shape index (κ1) is 16.5. The standard InChI is InChI=1S/C13H22N2O5/c1-3-6-15(7-8-19-2)13(18)14-9-10-4-5-11(20-10)12(16)17/h3,10-11H,1,4-9H2,2H3,(H,14,18)(H,16,17). The van der Waals surface area contributed by atoms with Crippen LogP contribution in [0.3, 0.4) is 0 Å². The van der Waals surface area contributed by atoms with Crippen molar-refractivity contribution in [2.24, 2.45) is 0 Å². The Bertz CT molecular complexity index is 348. The quantitative estimate of drug-likeness (QED) is 0.633. The Morgan fingerprint density at radius 3 is 2.85 bits per heavy atom. The topological polar surface area (TPSA) is 88.1 Å². The Kier molecular flexibility index (Phi) is 7.03. The van der Waals surface area contributed by atoms with Crippen molar-refractivity contribution >= 4 is 12.0 Å². The van der Waals surface area contributed by atoms with E-state index in [1.54, 1.807) is 18.1 Å². The van der Waals surface area contributed by atoms with Crippen LogP contribution in [-0.4, -0.2) is 67.6 Å². The van der Waals surface area contributed by atoms with Crippen LogP contribution in [0, 0.1) is 0 Å². The van der Waals surface area contributed by atoms with E-state index in [4.69, 9.17) is 14.6 Å². The van der Waals surface area contributed by atoms with Gasteiger partial charge in [-0.2, -0.15) is 0 Å². The number of hydrogen-bond acceptors (Lipinski definition) is 4. The molecule has 0 aliphatic carbocycles. The number of carboxylic acids is 1. The second kappa shape index (κ2) is 8.55. The van der Waals surface area contributed by atoms with Crippen LogP contribution in [0.15, 0.2) is 12.7 Å². The minimum atomic E-state index is -0.952. The van der Waals surface area contributed by atoms with E-state index in [1.807, 2.05) is 0 Å². The lowest BCUT2D eigenvalue weighted by molar-refractivity contribution is -0.149. The molecular formula is C13H22N2O5. The van der Waals surface area contributed by atoms with E-state index < -0.39 is 12.1 Å². The molecule has 1 saturated heterocycles. The van der Waals surface area contributed by atoms with Gasteiger partial charge in [-0.15, -0.1) is 6.58 Å². The van der Waals surface area contributed by atoms with E-state index >= 15 is 0 Å². The Balaban J connectivity index is 2.33. The number of aliphatic carboxylic acids is 1. The maximum atomic E-state index is 12.0. The summed E-state index contributed by atoms with van der Waals surface area (Å²) in [6.07, 6.45) is 1.76. The molecule has 2 atom stereocenters. The molecular weight excluding hydrogens is 264 g/mol. The number of carboxylic acid groups (broad SMARTS) is 1. The first-order valence-electron chi connectivity index (χ1n) is 6.59. The number of urea groups is 1. The Morgan fingerprint density at radius 2 is 2.30 bits per heavy atom. The number of amides is 2. The molecule has 0 bridgehead atoms. The number of carbonyl (C=O) groups excluding carboxylic acids is 1. The molecule has 7 heteroatoms. The normalized spacial score (nSPS) is 21.4. The molecule has 114 valence electrons. The fraction of sp³-hybridized carbons (Fsp3) is 0.692. The second-order valence-electron chi connectivity index (χ2n) is 4.58.